The number of carboxylic acid groups (broad SMARTS) is 1. The number of alkyl halides is 3. The number of benzene rings is 1. The van der Waals surface area contributed by atoms with Crippen LogP contribution in [0.1, 0.15) is 79.4 Å². The van der Waals surface area contributed by atoms with E-state index in [1.807, 2.05) is 23.1 Å². The number of carboxylic acids is 1. The van der Waals surface area contributed by atoms with Gasteiger partial charge in [0.15, 0.2) is 11.5 Å². The average Bonchev–Trinajstić information content (AvgIpc) is 3.80. The van der Waals surface area contributed by atoms with E-state index in [2.05, 4.69) is 40.1 Å². The molecule has 2 bridgehead atoms. The van der Waals surface area contributed by atoms with Crippen molar-refractivity contribution in [2.24, 2.45) is 23.7 Å². The number of carbonyl (C=O) groups excluding carboxylic acids is 1. The molecule has 4 fully saturated rings. The third kappa shape index (κ3) is 8.24. The molecule has 3 atom stereocenters. The molecular formula is C42H46F4N10O4. The second-order valence-electron chi connectivity index (χ2n) is 17.2. The van der Waals surface area contributed by atoms with Crippen molar-refractivity contribution >= 4 is 35.4 Å². The second-order valence-corrected chi connectivity index (χ2v) is 17.2. The molecule has 1 amide bonds. The molecule has 1 aromatic carbocycles. The highest BCUT2D eigenvalue weighted by atomic mass is 19.4. The summed E-state index contributed by atoms with van der Waals surface area (Å²) in [4.78, 5) is 56.0. The summed E-state index contributed by atoms with van der Waals surface area (Å²) in [5.74, 6) is 0.134. The van der Waals surface area contributed by atoms with Gasteiger partial charge in [0.25, 0.3) is 5.91 Å². The summed E-state index contributed by atoms with van der Waals surface area (Å²) in [6, 6.07) is 7.37. The van der Waals surface area contributed by atoms with Gasteiger partial charge in [-0.15, -0.1) is 0 Å². The number of ether oxygens (including phenoxy) is 1. The number of aliphatic carboxylic acids is 1. The highest BCUT2D eigenvalue weighted by Gasteiger charge is 2.50. The third-order valence-corrected chi connectivity index (χ3v) is 13.0. The molecule has 4 aromatic rings. The monoisotopic (exact) mass is 830 g/mol. The number of carbonyl (C=O) groups is 2. The number of amides is 1. The minimum Gasteiger partial charge on any atom is -0.490 e. The number of nitrogens with one attached hydrogen (secondary N) is 1. The van der Waals surface area contributed by atoms with Crippen LogP contribution in [0.4, 0.5) is 41.1 Å². The number of halogens is 4. The predicted molar refractivity (Wildman–Crippen MR) is 211 cm³/mol. The van der Waals surface area contributed by atoms with E-state index < -0.39 is 40.5 Å². The molecule has 2 saturated carbocycles. The van der Waals surface area contributed by atoms with Crippen LogP contribution in [0.25, 0.3) is 0 Å². The van der Waals surface area contributed by atoms with Crippen LogP contribution < -0.4 is 24.8 Å². The standard InChI is InChI=1S/C42H46F4N10O4/c43-29-20-50-39(51-21-29)55-11-6-41(23-55)24-56(34-3-2-31(18-33(34)41)60-30-4-9-54(10-5-30)38-47-7-1-8-48-38)40-52-22-32(36(53-40)42(44,45)46)37(59)49-19-28-15-25-12-26(16-28)14-27(13-25)17-35(57)58/h1-3,7-8,18,20-22,25-28,30H,4-6,9-17,19,23-24H2,(H,49,59)(H,57,58). The van der Waals surface area contributed by atoms with Crippen molar-refractivity contribution in [3.8, 4) is 5.75 Å². The van der Waals surface area contributed by atoms with Gasteiger partial charge in [-0.3, -0.25) is 9.59 Å². The van der Waals surface area contributed by atoms with E-state index in [1.165, 1.54) is 0 Å². The summed E-state index contributed by atoms with van der Waals surface area (Å²) in [6.07, 6.45) is 8.06. The van der Waals surface area contributed by atoms with Crippen molar-refractivity contribution in [1.29, 1.82) is 0 Å². The molecule has 3 aliphatic heterocycles. The Morgan fingerprint density at radius 1 is 0.850 bits per heavy atom. The van der Waals surface area contributed by atoms with Gasteiger partial charge >= 0.3 is 12.1 Å². The molecule has 2 aliphatic carbocycles. The smallest absolute Gasteiger partial charge is 0.434 e. The first kappa shape index (κ1) is 39.8. The first-order valence-corrected chi connectivity index (χ1v) is 20.7. The molecule has 9 rings (SSSR count). The van der Waals surface area contributed by atoms with Crippen LogP contribution in [0, 0.1) is 29.5 Å². The van der Waals surface area contributed by atoms with Crippen molar-refractivity contribution < 1.29 is 37.0 Å². The quantitative estimate of drug-likeness (QED) is 0.174. The lowest BCUT2D eigenvalue weighted by molar-refractivity contribution is -0.141. The van der Waals surface area contributed by atoms with E-state index in [0.717, 1.165) is 82.2 Å². The Kier molecular flexibility index (Phi) is 10.6. The molecular weight excluding hydrogens is 785 g/mol. The molecule has 60 heavy (non-hydrogen) atoms. The van der Waals surface area contributed by atoms with Crippen LogP contribution in [0.2, 0.25) is 0 Å². The zero-order valence-electron chi connectivity index (χ0n) is 32.9. The number of rotatable bonds is 10. The van der Waals surface area contributed by atoms with E-state index in [-0.39, 0.29) is 43.4 Å². The normalized spacial score (nSPS) is 25.4. The molecule has 3 unspecified atom stereocenters. The number of fused-ring (bicyclic) bond motifs is 4. The molecule has 6 heterocycles. The summed E-state index contributed by atoms with van der Waals surface area (Å²) < 4.78 is 64.7. The lowest BCUT2D eigenvalue weighted by Gasteiger charge is -2.42. The van der Waals surface area contributed by atoms with Crippen LogP contribution in [0.5, 0.6) is 5.75 Å². The molecule has 0 radical (unpaired) electrons. The Morgan fingerprint density at radius 2 is 1.53 bits per heavy atom. The minimum absolute atomic E-state index is 0.0746. The number of anilines is 4. The summed E-state index contributed by atoms with van der Waals surface area (Å²) in [5, 5.41) is 12.0. The van der Waals surface area contributed by atoms with Gasteiger partial charge in [0.05, 0.1) is 18.0 Å². The van der Waals surface area contributed by atoms with Gasteiger partial charge in [-0.25, -0.2) is 34.3 Å². The SMILES string of the molecule is O=C(O)CC1CC2CC(CNC(=O)c3cnc(N4CC5(CCN(c6ncc(F)cn6)C5)c5cc(OC6CCN(c7ncccn7)CC6)ccc54)nc3C(F)(F)F)CC(C1)C2. The highest BCUT2D eigenvalue weighted by Crippen LogP contribution is 2.51. The lowest BCUT2D eigenvalue weighted by Crippen LogP contribution is -2.39. The van der Waals surface area contributed by atoms with Gasteiger partial charge in [-0.2, -0.15) is 13.2 Å². The van der Waals surface area contributed by atoms with Gasteiger partial charge in [0.1, 0.15) is 11.9 Å². The van der Waals surface area contributed by atoms with Crippen LogP contribution in [0.15, 0.2) is 55.2 Å². The van der Waals surface area contributed by atoms with Gasteiger partial charge in [-0.1, -0.05) is 0 Å². The summed E-state index contributed by atoms with van der Waals surface area (Å²) in [5.41, 5.74) is -1.11. The number of hydrogen-bond donors (Lipinski definition) is 2. The molecule has 5 aliphatic rings. The van der Waals surface area contributed by atoms with Crippen molar-refractivity contribution in [2.45, 2.75) is 75.5 Å². The maximum atomic E-state index is 14.8. The van der Waals surface area contributed by atoms with Gasteiger partial charge < -0.3 is 29.9 Å². The summed E-state index contributed by atoms with van der Waals surface area (Å²) in [6.45, 7) is 2.80. The molecule has 3 aromatic heterocycles. The van der Waals surface area contributed by atoms with Crippen LogP contribution >= 0.6 is 0 Å². The van der Waals surface area contributed by atoms with Crippen molar-refractivity contribution in [2.75, 3.05) is 54.0 Å². The third-order valence-electron chi connectivity index (χ3n) is 13.0. The summed E-state index contributed by atoms with van der Waals surface area (Å²) >= 11 is 0. The number of aromatic nitrogens is 6. The van der Waals surface area contributed by atoms with E-state index in [0.29, 0.717) is 54.7 Å². The first-order valence-electron chi connectivity index (χ1n) is 20.7. The van der Waals surface area contributed by atoms with E-state index in [4.69, 9.17) is 4.74 Å². The van der Waals surface area contributed by atoms with Gasteiger partial charge in [0, 0.05) is 88.2 Å². The summed E-state index contributed by atoms with van der Waals surface area (Å²) in [7, 11) is 0. The molecule has 1 spiro atoms. The molecule has 2 N–H and O–H groups in total. The van der Waals surface area contributed by atoms with Crippen molar-refractivity contribution in [3.63, 3.8) is 0 Å². The van der Waals surface area contributed by atoms with E-state index >= 15 is 0 Å². The van der Waals surface area contributed by atoms with Crippen molar-refractivity contribution in [3.05, 3.63) is 77.9 Å². The van der Waals surface area contributed by atoms with Crippen LogP contribution in [-0.2, 0) is 16.4 Å². The van der Waals surface area contributed by atoms with Gasteiger partial charge in [-0.05, 0) is 92.0 Å². The molecule has 18 heteroatoms. The Bertz CT molecular complexity index is 2200. The maximum Gasteiger partial charge on any atom is 0.434 e. The van der Waals surface area contributed by atoms with E-state index in [9.17, 15) is 32.3 Å². The number of piperidine rings is 1. The molecule has 14 nitrogen and oxygen atoms in total. The number of hydrogen-bond acceptors (Lipinski definition) is 12. The minimum atomic E-state index is -4.95. The maximum absolute atomic E-state index is 14.8. The van der Waals surface area contributed by atoms with Crippen LogP contribution in [0.3, 0.4) is 0 Å². The molecule has 316 valence electrons. The fourth-order valence-corrected chi connectivity index (χ4v) is 10.5. The Labute approximate surface area is 343 Å². The van der Waals surface area contributed by atoms with Crippen molar-refractivity contribution in [1.82, 2.24) is 35.2 Å². The Morgan fingerprint density at radius 3 is 2.23 bits per heavy atom. The van der Waals surface area contributed by atoms with E-state index in [1.54, 1.807) is 23.4 Å². The fourth-order valence-electron chi connectivity index (χ4n) is 10.5. The second kappa shape index (κ2) is 16.1. The lowest BCUT2D eigenvalue weighted by atomic mass is 9.64. The average molecular weight is 831 g/mol. The largest absolute Gasteiger partial charge is 0.490 e. The topological polar surface area (TPSA) is 163 Å². The predicted octanol–water partition coefficient (Wildman–Crippen LogP) is 6.21. The Hall–Kier alpha value is -5.68. The first-order chi connectivity index (χ1) is 28.9. The number of nitrogens with zero attached hydrogens (tertiary/aromatic N) is 9. The molecule has 2 saturated heterocycles. The fraction of sp³-hybridized carbons (Fsp3) is 0.524. The zero-order valence-corrected chi connectivity index (χ0v) is 32.9. The van der Waals surface area contributed by atoms with Crippen LogP contribution in [-0.4, -0.2) is 92.3 Å². The Balaban J connectivity index is 0.945. The highest BCUT2D eigenvalue weighted by molar-refractivity contribution is 5.95. The zero-order chi connectivity index (χ0) is 41.6. The van der Waals surface area contributed by atoms with Gasteiger partial charge in [0.2, 0.25) is 17.8 Å².